The van der Waals surface area contributed by atoms with Crippen LogP contribution in [0.1, 0.15) is 32.6 Å². The van der Waals surface area contributed by atoms with Gasteiger partial charge in [0.15, 0.2) is 5.17 Å². The van der Waals surface area contributed by atoms with Crippen molar-refractivity contribution in [3.8, 4) is 0 Å². The first kappa shape index (κ1) is 12.6. The maximum absolute atomic E-state index is 4.73. The number of aliphatic imine (C=N–C) groups is 1. The molecule has 0 amide bonds. The van der Waals surface area contributed by atoms with Gasteiger partial charge in [0, 0.05) is 24.1 Å². The zero-order valence-electron chi connectivity index (χ0n) is 10.3. The molecule has 1 aliphatic carbocycles. The Balaban J connectivity index is 1.79. The SMILES string of the molecule is CSC(C)CNC1=NCC2(CCCC2)CS1. The van der Waals surface area contributed by atoms with E-state index in [0.717, 1.165) is 13.1 Å². The molecule has 1 spiro atoms. The number of amidine groups is 1. The topological polar surface area (TPSA) is 24.4 Å². The minimum Gasteiger partial charge on any atom is -0.364 e. The standard InChI is InChI=1S/C12H22N2S2/c1-10(15-2)7-13-11-14-8-12(9-16-11)5-3-4-6-12/h10H,3-9H2,1-2H3,(H,13,14). The van der Waals surface area contributed by atoms with E-state index in [4.69, 9.17) is 4.99 Å². The van der Waals surface area contributed by atoms with E-state index in [1.807, 2.05) is 23.5 Å². The van der Waals surface area contributed by atoms with Gasteiger partial charge in [-0.15, -0.1) is 0 Å². The second kappa shape index (κ2) is 5.67. The van der Waals surface area contributed by atoms with E-state index in [-0.39, 0.29) is 0 Å². The van der Waals surface area contributed by atoms with Crippen molar-refractivity contribution in [2.75, 3.05) is 25.1 Å². The Morgan fingerprint density at radius 2 is 2.25 bits per heavy atom. The Hall–Kier alpha value is 0.170. The summed E-state index contributed by atoms with van der Waals surface area (Å²) >= 11 is 3.85. The molecule has 2 aliphatic rings. The van der Waals surface area contributed by atoms with Crippen LogP contribution in [0.25, 0.3) is 0 Å². The lowest BCUT2D eigenvalue weighted by Gasteiger charge is -2.31. The Labute approximate surface area is 107 Å². The number of rotatable bonds is 3. The van der Waals surface area contributed by atoms with E-state index >= 15 is 0 Å². The predicted molar refractivity (Wildman–Crippen MR) is 76.6 cm³/mol. The van der Waals surface area contributed by atoms with Gasteiger partial charge in [-0.25, -0.2) is 0 Å². The maximum Gasteiger partial charge on any atom is 0.156 e. The van der Waals surface area contributed by atoms with Crippen molar-refractivity contribution >= 4 is 28.7 Å². The van der Waals surface area contributed by atoms with Gasteiger partial charge in [-0.3, -0.25) is 4.99 Å². The van der Waals surface area contributed by atoms with Crippen LogP contribution in [0.4, 0.5) is 0 Å². The fourth-order valence-electron chi connectivity index (χ4n) is 2.40. The van der Waals surface area contributed by atoms with E-state index in [0.29, 0.717) is 10.7 Å². The smallest absolute Gasteiger partial charge is 0.156 e. The first-order chi connectivity index (χ1) is 7.74. The highest BCUT2D eigenvalue weighted by Gasteiger charge is 2.36. The monoisotopic (exact) mass is 258 g/mol. The lowest BCUT2D eigenvalue weighted by atomic mass is 9.89. The molecule has 92 valence electrons. The summed E-state index contributed by atoms with van der Waals surface area (Å²) < 4.78 is 0. The average Bonchev–Trinajstić information content (AvgIpc) is 2.77. The molecule has 1 unspecified atom stereocenters. The first-order valence-corrected chi connectivity index (χ1v) is 8.45. The molecule has 1 heterocycles. The summed E-state index contributed by atoms with van der Waals surface area (Å²) in [4.78, 5) is 4.73. The minimum atomic E-state index is 0.570. The van der Waals surface area contributed by atoms with Crippen LogP contribution >= 0.6 is 23.5 Å². The third kappa shape index (κ3) is 3.10. The van der Waals surface area contributed by atoms with Gasteiger partial charge in [0.1, 0.15) is 0 Å². The third-order valence-electron chi connectivity index (χ3n) is 3.68. The zero-order chi connectivity index (χ0) is 11.4. The zero-order valence-corrected chi connectivity index (χ0v) is 11.9. The summed E-state index contributed by atoms with van der Waals surface area (Å²) in [7, 11) is 0. The van der Waals surface area contributed by atoms with E-state index < -0.39 is 0 Å². The van der Waals surface area contributed by atoms with Gasteiger partial charge < -0.3 is 5.32 Å². The molecule has 1 fully saturated rings. The van der Waals surface area contributed by atoms with Gasteiger partial charge in [-0.2, -0.15) is 11.8 Å². The molecule has 0 bridgehead atoms. The second-order valence-electron chi connectivity index (χ2n) is 5.04. The fourth-order valence-corrected chi connectivity index (χ4v) is 3.82. The molecule has 1 aliphatic heterocycles. The van der Waals surface area contributed by atoms with Gasteiger partial charge in [0.2, 0.25) is 0 Å². The van der Waals surface area contributed by atoms with Crippen LogP contribution in [-0.4, -0.2) is 35.5 Å². The van der Waals surface area contributed by atoms with Crippen LogP contribution in [-0.2, 0) is 0 Å². The van der Waals surface area contributed by atoms with Crippen molar-refractivity contribution in [3.63, 3.8) is 0 Å². The maximum atomic E-state index is 4.73. The Morgan fingerprint density at radius 1 is 1.50 bits per heavy atom. The van der Waals surface area contributed by atoms with Crippen LogP contribution in [0.3, 0.4) is 0 Å². The molecule has 0 aromatic heterocycles. The Bertz CT molecular complexity index is 260. The quantitative estimate of drug-likeness (QED) is 0.842. The summed E-state index contributed by atoms with van der Waals surface area (Å²) in [6, 6.07) is 0. The summed E-state index contributed by atoms with van der Waals surface area (Å²) in [5.41, 5.74) is 0.570. The molecule has 1 N–H and O–H groups in total. The largest absolute Gasteiger partial charge is 0.364 e. The van der Waals surface area contributed by atoms with Gasteiger partial charge in [-0.05, 0) is 24.5 Å². The molecule has 1 saturated carbocycles. The van der Waals surface area contributed by atoms with Crippen LogP contribution in [0.15, 0.2) is 4.99 Å². The highest BCUT2D eigenvalue weighted by molar-refractivity contribution is 8.13. The first-order valence-electron chi connectivity index (χ1n) is 6.18. The lowest BCUT2D eigenvalue weighted by Crippen LogP contribution is -2.35. The number of thioether (sulfide) groups is 2. The van der Waals surface area contributed by atoms with Crippen molar-refractivity contribution in [2.45, 2.75) is 37.9 Å². The van der Waals surface area contributed by atoms with Gasteiger partial charge in [0.25, 0.3) is 0 Å². The fraction of sp³-hybridized carbons (Fsp3) is 0.917. The number of hydrogen-bond donors (Lipinski definition) is 1. The van der Waals surface area contributed by atoms with E-state index in [2.05, 4.69) is 18.5 Å². The number of nitrogens with one attached hydrogen (secondary N) is 1. The van der Waals surface area contributed by atoms with Gasteiger partial charge in [-0.1, -0.05) is 31.5 Å². The molecule has 1 atom stereocenters. The molecule has 2 rings (SSSR count). The highest BCUT2D eigenvalue weighted by Crippen LogP contribution is 2.43. The van der Waals surface area contributed by atoms with Crippen LogP contribution < -0.4 is 5.32 Å². The van der Waals surface area contributed by atoms with E-state index in [1.54, 1.807) is 0 Å². The van der Waals surface area contributed by atoms with E-state index in [9.17, 15) is 0 Å². The van der Waals surface area contributed by atoms with Crippen LogP contribution in [0.2, 0.25) is 0 Å². The van der Waals surface area contributed by atoms with Crippen molar-refractivity contribution in [3.05, 3.63) is 0 Å². The van der Waals surface area contributed by atoms with Crippen LogP contribution in [0, 0.1) is 5.41 Å². The normalized spacial score (nSPS) is 25.5. The summed E-state index contributed by atoms with van der Waals surface area (Å²) in [6.07, 6.45) is 7.80. The predicted octanol–water partition coefficient (Wildman–Crippen LogP) is 2.99. The van der Waals surface area contributed by atoms with Crippen molar-refractivity contribution < 1.29 is 0 Å². The average molecular weight is 258 g/mol. The number of nitrogens with zero attached hydrogens (tertiary/aromatic N) is 1. The Morgan fingerprint density at radius 3 is 2.81 bits per heavy atom. The molecule has 0 radical (unpaired) electrons. The lowest BCUT2D eigenvalue weighted by molar-refractivity contribution is 0.358. The molecular weight excluding hydrogens is 236 g/mol. The van der Waals surface area contributed by atoms with Gasteiger partial charge >= 0.3 is 0 Å². The van der Waals surface area contributed by atoms with E-state index in [1.165, 1.54) is 36.6 Å². The highest BCUT2D eigenvalue weighted by atomic mass is 32.2. The molecule has 0 aromatic carbocycles. The van der Waals surface area contributed by atoms with Crippen molar-refractivity contribution in [2.24, 2.45) is 10.4 Å². The summed E-state index contributed by atoms with van der Waals surface area (Å²) in [6.45, 7) is 4.36. The number of hydrogen-bond acceptors (Lipinski definition) is 4. The van der Waals surface area contributed by atoms with Crippen molar-refractivity contribution in [1.29, 1.82) is 0 Å². The molecular formula is C12H22N2S2. The van der Waals surface area contributed by atoms with Crippen molar-refractivity contribution in [1.82, 2.24) is 5.32 Å². The molecule has 0 aromatic rings. The van der Waals surface area contributed by atoms with Crippen LogP contribution in [0.5, 0.6) is 0 Å². The Kier molecular flexibility index (Phi) is 4.48. The third-order valence-corrected chi connectivity index (χ3v) is 5.96. The molecule has 16 heavy (non-hydrogen) atoms. The molecule has 2 nitrogen and oxygen atoms in total. The molecule has 4 heteroatoms. The summed E-state index contributed by atoms with van der Waals surface area (Å²) in [5, 5.41) is 5.32. The minimum absolute atomic E-state index is 0.570. The molecule has 0 saturated heterocycles. The van der Waals surface area contributed by atoms with Gasteiger partial charge in [0.05, 0.1) is 0 Å². The second-order valence-corrected chi connectivity index (χ2v) is 7.28. The summed E-state index contributed by atoms with van der Waals surface area (Å²) in [5.74, 6) is 1.28.